The van der Waals surface area contributed by atoms with Crippen molar-refractivity contribution in [3.63, 3.8) is 0 Å². The Morgan fingerprint density at radius 1 is 1.03 bits per heavy atom. The van der Waals surface area contributed by atoms with Crippen LogP contribution in [0.15, 0.2) is 79.3 Å². The number of pyridine rings is 1. The second-order valence-electron chi connectivity index (χ2n) is 8.64. The standard InChI is InChI=1S/C27H26N6O3/c1-18-7-10-20(11-8-18)32-25(34)14-12-22(26(32)21-5-3-4-6-23(21)36-2)27(35)31-19-9-13-24(28-17-19)33-29-15-16-30-33/h3-11,13,15-17,22,26H,12,14H2,1-2H3,(H,31,35)/t22-,26-/m0/s1. The molecule has 0 radical (unpaired) electrons. The van der Waals surface area contributed by atoms with Gasteiger partial charge in [-0.05, 0) is 43.7 Å². The maximum Gasteiger partial charge on any atom is 0.229 e. The number of amides is 2. The van der Waals surface area contributed by atoms with E-state index in [0.717, 1.165) is 16.8 Å². The van der Waals surface area contributed by atoms with E-state index in [0.29, 0.717) is 23.7 Å². The summed E-state index contributed by atoms with van der Waals surface area (Å²) in [5.74, 6) is 0.440. The van der Waals surface area contributed by atoms with Gasteiger partial charge >= 0.3 is 0 Å². The molecule has 0 bridgehead atoms. The number of rotatable bonds is 6. The lowest BCUT2D eigenvalue weighted by Gasteiger charge is -2.41. The fourth-order valence-electron chi connectivity index (χ4n) is 4.59. The number of hydrogen-bond donors (Lipinski definition) is 1. The summed E-state index contributed by atoms with van der Waals surface area (Å²) in [6, 6.07) is 18.3. The first-order valence-electron chi connectivity index (χ1n) is 11.7. The summed E-state index contributed by atoms with van der Waals surface area (Å²) in [4.78, 5) is 34.4. The van der Waals surface area contributed by atoms with Crippen molar-refractivity contribution in [2.75, 3.05) is 17.3 Å². The van der Waals surface area contributed by atoms with Crippen molar-refractivity contribution in [2.24, 2.45) is 5.92 Å². The third kappa shape index (κ3) is 4.55. The van der Waals surface area contributed by atoms with Crippen LogP contribution >= 0.6 is 0 Å². The minimum Gasteiger partial charge on any atom is -0.496 e. The van der Waals surface area contributed by atoms with Crippen LogP contribution in [0.5, 0.6) is 5.75 Å². The molecule has 1 aliphatic heterocycles. The molecule has 2 amide bonds. The maximum absolute atomic E-state index is 13.7. The number of anilines is 2. The van der Waals surface area contributed by atoms with Gasteiger partial charge in [0.15, 0.2) is 5.82 Å². The first-order chi connectivity index (χ1) is 17.5. The van der Waals surface area contributed by atoms with Crippen LogP contribution in [0, 0.1) is 12.8 Å². The van der Waals surface area contributed by atoms with Crippen molar-refractivity contribution in [3.05, 3.63) is 90.4 Å². The Morgan fingerprint density at radius 3 is 2.47 bits per heavy atom. The number of nitrogens with one attached hydrogen (secondary N) is 1. The fraction of sp³-hybridized carbons (Fsp3) is 0.222. The Hall–Kier alpha value is -4.53. The molecular formula is C27H26N6O3. The zero-order valence-corrected chi connectivity index (χ0v) is 20.0. The Balaban J connectivity index is 1.49. The van der Waals surface area contributed by atoms with Gasteiger partial charge in [-0.1, -0.05) is 35.9 Å². The normalized spacial score (nSPS) is 17.6. The Kier molecular flexibility index (Phi) is 6.44. The van der Waals surface area contributed by atoms with E-state index in [1.165, 1.54) is 4.80 Å². The molecule has 9 nitrogen and oxygen atoms in total. The molecule has 4 aromatic rings. The number of nitrogens with zero attached hydrogens (tertiary/aromatic N) is 5. The zero-order chi connectivity index (χ0) is 25.1. The van der Waals surface area contributed by atoms with Crippen LogP contribution in [0.3, 0.4) is 0 Å². The summed E-state index contributed by atoms with van der Waals surface area (Å²) in [6.07, 6.45) is 5.39. The molecule has 2 atom stereocenters. The highest BCUT2D eigenvalue weighted by molar-refractivity contribution is 6.00. The number of methoxy groups -OCH3 is 1. The summed E-state index contributed by atoms with van der Waals surface area (Å²) >= 11 is 0. The number of carbonyl (C=O) groups excluding carboxylic acids is 2. The molecule has 36 heavy (non-hydrogen) atoms. The van der Waals surface area contributed by atoms with Gasteiger partial charge < -0.3 is 15.0 Å². The average molecular weight is 483 g/mol. The highest BCUT2D eigenvalue weighted by Gasteiger charge is 2.42. The number of para-hydroxylation sites is 1. The van der Waals surface area contributed by atoms with Gasteiger partial charge in [0.25, 0.3) is 0 Å². The van der Waals surface area contributed by atoms with E-state index in [4.69, 9.17) is 4.74 Å². The summed E-state index contributed by atoms with van der Waals surface area (Å²) in [7, 11) is 1.59. The summed E-state index contributed by atoms with van der Waals surface area (Å²) in [6.45, 7) is 2.00. The molecule has 3 heterocycles. The van der Waals surface area contributed by atoms with Crippen LogP contribution in [0.1, 0.15) is 30.0 Å². The van der Waals surface area contributed by atoms with E-state index >= 15 is 0 Å². The predicted molar refractivity (Wildman–Crippen MR) is 135 cm³/mol. The second-order valence-corrected chi connectivity index (χ2v) is 8.64. The van der Waals surface area contributed by atoms with Crippen LogP contribution in [0.2, 0.25) is 0 Å². The molecule has 9 heteroatoms. The van der Waals surface area contributed by atoms with E-state index in [9.17, 15) is 9.59 Å². The van der Waals surface area contributed by atoms with Crippen LogP contribution < -0.4 is 15.0 Å². The molecule has 0 spiro atoms. The molecule has 5 rings (SSSR count). The molecule has 0 aliphatic carbocycles. The molecule has 0 saturated carbocycles. The Bertz CT molecular complexity index is 1350. The van der Waals surface area contributed by atoms with Gasteiger partial charge in [-0.2, -0.15) is 10.2 Å². The lowest BCUT2D eigenvalue weighted by molar-refractivity contribution is -0.125. The molecule has 1 fully saturated rings. The van der Waals surface area contributed by atoms with Gasteiger partial charge in [0.1, 0.15) is 5.75 Å². The number of ether oxygens (including phenoxy) is 1. The van der Waals surface area contributed by atoms with Crippen LogP contribution in [0.25, 0.3) is 5.82 Å². The van der Waals surface area contributed by atoms with E-state index < -0.39 is 12.0 Å². The predicted octanol–water partition coefficient (Wildman–Crippen LogP) is 4.10. The second kappa shape index (κ2) is 9.99. The van der Waals surface area contributed by atoms with Crippen molar-refractivity contribution < 1.29 is 14.3 Å². The third-order valence-electron chi connectivity index (χ3n) is 6.34. The van der Waals surface area contributed by atoms with Crippen molar-refractivity contribution in [2.45, 2.75) is 25.8 Å². The number of benzene rings is 2. The molecule has 0 unspecified atom stereocenters. The van der Waals surface area contributed by atoms with Crippen LogP contribution in [-0.2, 0) is 9.59 Å². The third-order valence-corrected chi connectivity index (χ3v) is 6.34. The maximum atomic E-state index is 13.7. The zero-order valence-electron chi connectivity index (χ0n) is 20.0. The molecule has 1 aliphatic rings. The van der Waals surface area contributed by atoms with Gasteiger partial charge in [-0.15, -0.1) is 4.80 Å². The van der Waals surface area contributed by atoms with Crippen molar-refractivity contribution in [1.82, 2.24) is 20.0 Å². The fourth-order valence-corrected chi connectivity index (χ4v) is 4.59. The first-order valence-corrected chi connectivity index (χ1v) is 11.7. The van der Waals surface area contributed by atoms with Gasteiger partial charge in [0.05, 0.1) is 43.3 Å². The summed E-state index contributed by atoms with van der Waals surface area (Å²) < 4.78 is 5.64. The molecule has 1 N–H and O–H groups in total. The topological polar surface area (TPSA) is 102 Å². The number of hydrogen-bond acceptors (Lipinski definition) is 6. The number of aromatic nitrogens is 4. The van der Waals surface area contributed by atoms with Gasteiger partial charge in [0.2, 0.25) is 11.8 Å². The van der Waals surface area contributed by atoms with Crippen molar-refractivity contribution in [1.29, 1.82) is 0 Å². The lowest BCUT2D eigenvalue weighted by atomic mass is 9.82. The van der Waals surface area contributed by atoms with E-state index in [2.05, 4.69) is 20.5 Å². The number of aryl methyl sites for hydroxylation is 1. The van der Waals surface area contributed by atoms with Crippen LogP contribution in [0.4, 0.5) is 11.4 Å². The highest BCUT2D eigenvalue weighted by atomic mass is 16.5. The van der Waals surface area contributed by atoms with Gasteiger partial charge in [-0.3, -0.25) is 9.59 Å². The van der Waals surface area contributed by atoms with Crippen LogP contribution in [-0.4, -0.2) is 38.9 Å². The van der Waals surface area contributed by atoms with E-state index in [1.807, 2.05) is 55.5 Å². The smallest absolute Gasteiger partial charge is 0.229 e. The van der Waals surface area contributed by atoms with E-state index in [-0.39, 0.29) is 18.2 Å². The highest BCUT2D eigenvalue weighted by Crippen LogP contribution is 2.43. The molecular weight excluding hydrogens is 456 g/mol. The Labute approximate surface area is 208 Å². The van der Waals surface area contributed by atoms with E-state index in [1.54, 1.807) is 42.7 Å². The number of carbonyl (C=O) groups is 2. The van der Waals surface area contributed by atoms with Gasteiger partial charge in [0, 0.05) is 17.7 Å². The first kappa shape index (κ1) is 23.2. The Morgan fingerprint density at radius 2 is 1.78 bits per heavy atom. The molecule has 2 aromatic carbocycles. The van der Waals surface area contributed by atoms with Crippen molar-refractivity contribution >= 4 is 23.2 Å². The average Bonchev–Trinajstić information content (AvgIpc) is 3.44. The lowest BCUT2D eigenvalue weighted by Crippen LogP contribution is -2.47. The summed E-state index contributed by atoms with van der Waals surface area (Å²) in [5, 5.41) is 11.1. The van der Waals surface area contributed by atoms with Gasteiger partial charge in [-0.25, -0.2) is 4.98 Å². The van der Waals surface area contributed by atoms with Crippen molar-refractivity contribution in [3.8, 4) is 11.6 Å². The largest absolute Gasteiger partial charge is 0.496 e. The minimum absolute atomic E-state index is 0.0310. The molecule has 182 valence electrons. The SMILES string of the molecule is COc1ccccc1[C@H]1[C@@H](C(=O)Nc2ccc(-n3nccn3)nc2)CCC(=O)N1c1ccc(C)cc1. The quantitative estimate of drug-likeness (QED) is 0.444. The molecule has 1 saturated heterocycles. The summed E-state index contributed by atoms with van der Waals surface area (Å²) in [5.41, 5.74) is 3.17. The number of piperidine rings is 1. The minimum atomic E-state index is -0.536. The monoisotopic (exact) mass is 482 g/mol. The molecule has 2 aromatic heterocycles.